The average molecular weight is 1190 g/mol. The molecule has 0 aromatic heterocycles. The number of anilines is 3. The van der Waals surface area contributed by atoms with Crippen LogP contribution in [0, 0.1) is 34.9 Å². The molecule has 3 aliphatic rings. The number of nitrogens with zero attached hydrogens (tertiary/aromatic N) is 1. The molecule has 0 bridgehead atoms. The van der Waals surface area contributed by atoms with Crippen LogP contribution in [0.2, 0.25) is 0 Å². The molecule has 12 aromatic carbocycles. The van der Waals surface area contributed by atoms with Crippen LogP contribution in [0.1, 0.15) is 80.6 Å². The summed E-state index contributed by atoms with van der Waals surface area (Å²) >= 11 is 0. The molecule has 0 radical (unpaired) electrons. The van der Waals surface area contributed by atoms with Gasteiger partial charge in [0.25, 0.3) is 0 Å². The standard InChI is InChI=1S/C81H53F6NO2/c1-5-48-22-32-56(33-23-48)89-58-36-26-50(27-37-58)80(77-71(84)42-52(82)43-72(77)85)67-19-11-8-14-60(67)63-40-30-54(46-69(63)80)88(75-21-13-17-65-62-16-7-10-18-66(62)79(3,4)76(65)75)55-31-41-64-61-15-9-12-20-68(61)81(70(64)47-55,78-73(86)44-53(83)45-74(78)87)51-28-38-59(39-29-51)90-57-34-24-49(6-2)25-35-57/h5-47H,1-2H2,3-4H3. The van der Waals surface area contributed by atoms with E-state index in [4.69, 9.17) is 9.47 Å². The van der Waals surface area contributed by atoms with E-state index in [1.807, 2.05) is 158 Å². The van der Waals surface area contributed by atoms with Gasteiger partial charge in [-0.05, 0) is 168 Å². The number of benzene rings is 12. The van der Waals surface area contributed by atoms with E-state index in [1.165, 1.54) is 0 Å². The van der Waals surface area contributed by atoms with Gasteiger partial charge in [-0.25, -0.2) is 26.3 Å². The topological polar surface area (TPSA) is 21.7 Å². The van der Waals surface area contributed by atoms with Crippen molar-refractivity contribution >= 4 is 29.2 Å². The Balaban J connectivity index is 0.993. The molecule has 0 saturated heterocycles. The lowest BCUT2D eigenvalue weighted by molar-refractivity contribution is 0.481. The number of hydrogen-bond acceptors (Lipinski definition) is 3. The summed E-state index contributed by atoms with van der Waals surface area (Å²) in [4.78, 5) is 2.10. The first kappa shape index (κ1) is 55.7. The van der Waals surface area contributed by atoms with Gasteiger partial charge < -0.3 is 14.4 Å². The van der Waals surface area contributed by atoms with Crippen molar-refractivity contribution in [1.82, 2.24) is 0 Å². The fourth-order valence-corrected chi connectivity index (χ4v) is 14.7. The SMILES string of the molecule is C=Cc1ccc(Oc2ccc(C3(c4c(F)cc(F)cc4F)c4ccccc4-c4ccc(N(c5ccc6c(c5)C(c5ccc(Oc7ccc(C=C)cc7)cc5)(c5c(F)cc(F)cc5F)c5ccccc5-6)c5cccc6c5C(C)(C)c5ccccc5-6)cc43)cc2)cc1. The van der Waals surface area contributed by atoms with Gasteiger partial charge in [0.05, 0.1) is 16.5 Å². The Morgan fingerprint density at radius 1 is 0.333 bits per heavy atom. The van der Waals surface area contributed by atoms with Crippen LogP contribution in [0.25, 0.3) is 45.5 Å². The Kier molecular flexibility index (Phi) is 13.1. The molecule has 0 amide bonds. The summed E-state index contributed by atoms with van der Waals surface area (Å²) < 4.78 is 113. The van der Waals surface area contributed by atoms with E-state index in [-0.39, 0.29) is 11.1 Å². The summed E-state index contributed by atoms with van der Waals surface area (Å²) in [5, 5.41) is 0. The van der Waals surface area contributed by atoms with Crippen molar-refractivity contribution in [2.45, 2.75) is 30.1 Å². The van der Waals surface area contributed by atoms with Crippen molar-refractivity contribution in [2.24, 2.45) is 0 Å². The Hall–Kier alpha value is -10.9. The third-order valence-corrected chi connectivity index (χ3v) is 18.4. The minimum atomic E-state index is -1.76. The fourth-order valence-electron chi connectivity index (χ4n) is 14.7. The van der Waals surface area contributed by atoms with Crippen LogP contribution in [0.5, 0.6) is 23.0 Å². The molecule has 0 aliphatic heterocycles. The van der Waals surface area contributed by atoms with E-state index >= 15 is 26.3 Å². The quantitative estimate of drug-likeness (QED) is 0.107. The highest BCUT2D eigenvalue weighted by atomic mass is 19.2. The van der Waals surface area contributed by atoms with Gasteiger partial charge in [0.2, 0.25) is 0 Å². The first-order valence-corrected chi connectivity index (χ1v) is 29.6. The second-order valence-corrected chi connectivity index (χ2v) is 23.5. The second kappa shape index (κ2) is 21.2. The highest BCUT2D eigenvalue weighted by Gasteiger charge is 2.52. The van der Waals surface area contributed by atoms with Gasteiger partial charge in [-0.2, -0.15) is 0 Å². The molecule has 0 spiro atoms. The van der Waals surface area contributed by atoms with Crippen molar-refractivity contribution < 1.29 is 35.8 Å². The lowest BCUT2D eigenvalue weighted by Crippen LogP contribution is -2.32. The summed E-state index contributed by atoms with van der Waals surface area (Å²) in [7, 11) is 0. The predicted molar refractivity (Wildman–Crippen MR) is 346 cm³/mol. The van der Waals surface area contributed by atoms with Crippen LogP contribution in [0.3, 0.4) is 0 Å². The first-order chi connectivity index (χ1) is 43.7. The lowest BCUT2D eigenvalue weighted by atomic mass is 9.67. The number of rotatable bonds is 13. The van der Waals surface area contributed by atoms with Gasteiger partial charge in [0.15, 0.2) is 0 Å². The van der Waals surface area contributed by atoms with Gasteiger partial charge >= 0.3 is 0 Å². The molecule has 15 rings (SSSR count). The first-order valence-electron chi connectivity index (χ1n) is 29.6. The summed E-state index contributed by atoms with van der Waals surface area (Å²) in [5.41, 5.74) is 8.76. The van der Waals surface area contributed by atoms with E-state index in [0.717, 1.165) is 63.3 Å². The van der Waals surface area contributed by atoms with Gasteiger partial charge in [0, 0.05) is 52.2 Å². The Bertz CT molecular complexity index is 4620. The minimum Gasteiger partial charge on any atom is -0.457 e. The van der Waals surface area contributed by atoms with Crippen molar-refractivity contribution in [3.05, 3.63) is 364 Å². The van der Waals surface area contributed by atoms with Gasteiger partial charge in [-0.15, -0.1) is 0 Å². The van der Waals surface area contributed by atoms with Gasteiger partial charge in [-0.1, -0.05) is 185 Å². The molecule has 9 heteroatoms. The van der Waals surface area contributed by atoms with Gasteiger partial charge in [-0.3, -0.25) is 0 Å². The Morgan fingerprint density at radius 3 is 1.08 bits per heavy atom. The van der Waals surface area contributed by atoms with Crippen LogP contribution < -0.4 is 14.4 Å². The van der Waals surface area contributed by atoms with Crippen LogP contribution in [0.15, 0.2) is 262 Å². The Morgan fingerprint density at radius 2 is 0.678 bits per heavy atom. The highest BCUT2D eigenvalue weighted by molar-refractivity contribution is 5.95. The predicted octanol–water partition coefficient (Wildman–Crippen LogP) is 21.9. The average Bonchev–Trinajstić information content (AvgIpc) is 1.51. The zero-order valence-corrected chi connectivity index (χ0v) is 48.8. The van der Waals surface area contributed by atoms with Crippen molar-refractivity contribution in [3.8, 4) is 56.4 Å². The normalized spacial score (nSPS) is 16.0. The second-order valence-electron chi connectivity index (χ2n) is 23.5. The van der Waals surface area contributed by atoms with E-state index in [0.29, 0.717) is 90.0 Å². The molecule has 90 heavy (non-hydrogen) atoms. The minimum absolute atomic E-state index is 0.380. The van der Waals surface area contributed by atoms with E-state index < -0.39 is 51.1 Å². The monoisotopic (exact) mass is 1190 g/mol. The maximum absolute atomic E-state index is 17.5. The van der Waals surface area contributed by atoms with E-state index in [2.05, 4.69) is 50.1 Å². The maximum atomic E-state index is 17.5. The number of fused-ring (bicyclic) bond motifs is 9. The van der Waals surface area contributed by atoms with E-state index in [9.17, 15) is 0 Å². The smallest absolute Gasteiger partial charge is 0.133 e. The molecule has 3 nitrogen and oxygen atoms in total. The largest absolute Gasteiger partial charge is 0.457 e. The molecule has 0 heterocycles. The van der Waals surface area contributed by atoms with Crippen molar-refractivity contribution in [2.75, 3.05) is 4.90 Å². The lowest BCUT2D eigenvalue weighted by Gasteiger charge is -2.37. The van der Waals surface area contributed by atoms with Crippen LogP contribution >= 0.6 is 0 Å². The Labute approximate surface area is 517 Å². The molecule has 12 aromatic rings. The summed E-state index contributed by atoms with van der Waals surface area (Å²) in [6.45, 7) is 12.1. The number of hydrogen-bond donors (Lipinski definition) is 0. The molecule has 0 saturated carbocycles. The van der Waals surface area contributed by atoms with Crippen LogP contribution in [0.4, 0.5) is 43.4 Å². The molecule has 3 aliphatic carbocycles. The van der Waals surface area contributed by atoms with Crippen molar-refractivity contribution in [1.29, 1.82) is 0 Å². The summed E-state index contributed by atoms with van der Waals surface area (Å²) in [5.74, 6) is -4.44. The highest BCUT2D eigenvalue weighted by Crippen LogP contribution is 2.62. The number of ether oxygens (including phenoxy) is 2. The zero-order valence-electron chi connectivity index (χ0n) is 48.8. The summed E-state index contributed by atoms with van der Waals surface area (Å²) in [6.07, 6.45) is 3.47. The van der Waals surface area contributed by atoms with Crippen molar-refractivity contribution in [3.63, 3.8) is 0 Å². The molecule has 0 fully saturated rings. The van der Waals surface area contributed by atoms with Gasteiger partial charge in [0.1, 0.15) is 57.9 Å². The maximum Gasteiger partial charge on any atom is 0.133 e. The third-order valence-electron chi connectivity index (χ3n) is 18.4. The van der Waals surface area contributed by atoms with Crippen LogP contribution in [-0.2, 0) is 16.2 Å². The molecule has 2 atom stereocenters. The fraction of sp³-hybridized carbons (Fsp3) is 0.0617. The molecule has 0 N–H and O–H groups in total. The molecular weight excluding hydrogens is 1130 g/mol. The van der Waals surface area contributed by atoms with Crippen LogP contribution in [-0.4, -0.2) is 0 Å². The third kappa shape index (κ3) is 8.43. The zero-order chi connectivity index (χ0) is 61.8. The van der Waals surface area contributed by atoms with E-state index in [1.54, 1.807) is 60.7 Å². The molecule has 436 valence electrons. The number of halogens is 6. The molecule has 2 unspecified atom stereocenters. The molecular formula is C81H53F6NO2. The summed E-state index contributed by atoms with van der Waals surface area (Å²) in [6, 6.07) is 73.1.